The fourth-order valence-electron chi connectivity index (χ4n) is 2.14. The van der Waals surface area contributed by atoms with Crippen LogP contribution in [0, 0.1) is 12.8 Å². The maximum atomic E-state index is 3.97. The number of rotatable bonds is 4. The van der Waals surface area contributed by atoms with Crippen LogP contribution in [-0.4, -0.2) is 6.26 Å². The molecule has 0 amide bonds. The number of thioether (sulfide) groups is 1. The normalized spacial score (nSPS) is 10.6. The molecule has 0 unspecified atom stereocenters. The smallest absolute Gasteiger partial charge is 0.0562 e. The van der Waals surface area contributed by atoms with Gasteiger partial charge in [0.05, 0.1) is 5.92 Å². The van der Waals surface area contributed by atoms with Crippen molar-refractivity contribution in [3.8, 4) is 0 Å². The van der Waals surface area contributed by atoms with E-state index >= 15 is 0 Å². The maximum Gasteiger partial charge on any atom is 0.0562 e. The maximum absolute atomic E-state index is 3.97. The molecule has 2 rings (SSSR count). The third-order valence-electron chi connectivity index (χ3n) is 3.00. The van der Waals surface area contributed by atoms with Crippen LogP contribution in [0.5, 0.6) is 0 Å². The topological polar surface area (TPSA) is 0 Å². The zero-order chi connectivity index (χ0) is 13.0. The summed E-state index contributed by atoms with van der Waals surface area (Å²) in [4.78, 5) is 1.33. The number of aryl methyl sites for hydroxylation is 1. The lowest BCUT2D eigenvalue weighted by atomic mass is 9.90. The number of allylic oxidation sites excluding steroid dienone is 1. The highest BCUT2D eigenvalue weighted by molar-refractivity contribution is 7.98. The van der Waals surface area contributed by atoms with Gasteiger partial charge in [-0.25, -0.2) is 0 Å². The van der Waals surface area contributed by atoms with Crippen LogP contribution < -0.4 is 0 Å². The summed E-state index contributed by atoms with van der Waals surface area (Å²) in [7, 11) is 0. The molecule has 0 heterocycles. The summed E-state index contributed by atoms with van der Waals surface area (Å²) in [5, 5.41) is 0. The number of hydrogen-bond acceptors (Lipinski definition) is 1. The van der Waals surface area contributed by atoms with Crippen molar-refractivity contribution in [2.24, 2.45) is 0 Å². The monoisotopic (exact) mass is 253 g/mol. The summed E-state index contributed by atoms with van der Waals surface area (Å²) in [5.74, 6) is 1.20. The highest BCUT2D eigenvalue weighted by atomic mass is 32.2. The first-order valence-electron chi connectivity index (χ1n) is 5.96. The first kappa shape index (κ1) is 13.0. The lowest BCUT2D eigenvalue weighted by Gasteiger charge is -2.17. The highest BCUT2D eigenvalue weighted by Gasteiger charge is 2.15. The third-order valence-corrected chi connectivity index (χ3v) is 3.95. The molecule has 18 heavy (non-hydrogen) atoms. The highest BCUT2D eigenvalue weighted by Crippen LogP contribution is 2.33. The molecule has 0 aliphatic rings. The van der Waals surface area contributed by atoms with E-state index in [9.17, 15) is 0 Å². The summed E-state index contributed by atoms with van der Waals surface area (Å²) in [5.41, 5.74) is 3.80. The molecule has 0 atom stereocenters. The van der Waals surface area contributed by atoms with Crippen LogP contribution in [0.3, 0.4) is 0 Å². The Bertz CT molecular complexity index is 529. The zero-order valence-corrected chi connectivity index (χ0v) is 11.6. The van der Waals surface area contributed by atoms with Crippen molar-refractivity contribution in [2.45, 2.75) is 11.8 Å². The molecule has 2 aromatic carbocycles. The molecule has 1 heteroatoms. The van der Waals surface area contributed by atoms with E-state index in [1.54, 1.807) is 11.8 Å². The number of benzene rings is 2. The van der Waals surface area contributed by atoms with Crippen LogP contribution in [-0.2, 0) is 0 Å². The fraction of sp³-hybridized carbons (Fsp3) is 0.118. The summed E-state index contributed by atoms with van der Waals surface area (Å²) in [6.07, 6.45) is 4.07. The van der Waals surface area contributed by atoms with Crippen LogP contribution in [0.25, 0.3) is 0 Å². The van der Waals surface area contributed by atoms with Gasteiger partial charge in [-0.3, -0.25) is 0 Å². The molecule has 0 saturated heterocycles. The molecule has 0 N–H and O–H groups in total. The minimum atomic E-state index is 1.20. The predicted octanol–water partition coefficient (Wildman–Crippen LogP) is 4.87. The van der Waals surface area contributed by atoms with Gasteiger partial charge in [-0.2, -0.15) is 0 Å². The van der Waals surface area contributed by atoms with E-state index in [4.69, 9.17) is 0 Å². The van der Waals surface area contributed by atoms with E-state index in [0.29, 0.717) is 0 Å². The van der Waals surface area contributed by atoms with Crippen molar-refractivity contribution in [3.05, 3.63) is 83.8 Å². The summed E-state index contributed by atoms with van der Waals surface area (Å²) >= 11 is 1.79. The van der Waals surface area contributed by atoms with Gasteiger partial charge in [0.2, 0.25) is 0 Å². The molecule has 0 bridgehead atoms. The second-order valence-corrected chi connectivity index (χ2v) is 4.96. The second-order valence-electron chi connectivity index (χ2n) is 4.14. The van der Waals surface area contributed by atoms with Crippen LogP contribution in [0.15, 0.2) is 66.1 Å². The van der Waals surface area contributed by atoms with Crippen molar-refractivity contribution in [3.63, 3.8) is 0 Å². The quantitative estimate of drug-likeness (QED) is 0.700. The van der Waals surface area contributed by atoms with E-state index in [0.717, 1.165) is 0 Å². The van der Waals surface area contributed by atoms with Gasteiger partial charge < -0.3 is 0 Å². The standard InChI is InChI=1S/C17H17S/c1-4-15(14-10-6-5-7-11-14)16-12-8-9-13(2)17(16)18-3/h4-12H,1H2,2-3H3. The summed E-state index contributed by atoms with van der Waals surface area (Å²) in [6, 6.07) is 16.9. The summed E-state index contributed by atoms with van der Waals surface area (Å²) in [6.45, 7) is 6.13. The van der Waals surface area contributed by atoms with Gasteiger partial charge in [0.1, 0.15) is 0 Å². The summed E-state index contributed by atoms with van der Waals surface area (Å²) < 4.78 is 0. The van der Waals surface area contributed by atoms with Crippen molar-refractivity contribution in [1.29, 1.82) is 0 Å². The minimum Gasteiger partial charge on any atom is -0.129 e. The SMILES string of the molecule is C=C[C](c1ccccc1)c1cccc(C)c1SC. The van der Waals surface area contributed by atoms with Crippen LogP contribution in [0.1, 0.15) is 16.7 Å². The van der Waals surface area contributed by atoms with E-state index in [1.165, 1.54) is 27.5 Å². The largest absolute Gasteiger partial charge is 0.129 e. The van der Waals surface area contributed by atoms with E-state index < -0.39 is 0 Å². The Hall–Kier alpha value is -1.47. The Balaban J connectivity index is 2.52. The number of hydrogen-bond donors (Lipinski definition) is 0. The third kappa shape index (κ3) is 2.51. The van der Waals surface area contributed by atoms with Gasteiger partial charge in [-0.1, -0.05) is 54.6 Å². The van der Waals surface area contributed by atoms with Crippen molar-refractivity contribution < 1.29 is 0 Å². The molecule has 0 aromatic heterocycles. The first-order chi connectivity index (χ1) is 8.77. The van der Waals surface area contributed by atoms with E-state index in [2.05, 4.69) is 62.2 Å². The first-order valence-corrected chi connectivity index (χ1v) is 7.19. The van der Waals surface area contributed by atoms with Crippen molar-refractivity contribution >= 4 is 11.8 Å². The molecule has 0 aliphatic heterocycles. The van der Waals surface area contributed by atoms with Crippen LogP contribution in [0.2, 0.25) is 0 Å². The molecule has 91 valence electrons. The molecular weight excluding hydrogens is 236 g/mol. The average molecular weight is 253 g/mol. The molecule has 0 aliphatic carbocycles. The van der Waals surface area contributed by atoms with Crippen molar-refractivity contribution in [2.75, 3.05) is 6.26 Å². The Morgan fingerprint density at radius 2 is 1.78 bits per heavy atom. The molecular formula is C17H17S. The molecule has 0 saturated carbocycles. The van der Waals surface area contributed by atoms with Crippen LogP contribution in [0.4, 0.5) is 0 Å². The Morgan fingerprint density at radius 3 is 2.39 bits per heavy atom. The van der Waals surface area contributed by atoms with Crippen LogP contribution >= 0.6 is 11.8 Å². The molecule has 0 fully saturated rings. The Kier molecular flexibility index (Phi) is 4.27. The lowest BCUT2D eigenvalue weighted by molar-refractivity contribution is 1.17. The van der Waals surface area contributed by atoms with Gasteiger partial charge in [-0.05, 0) is 29.9 Å². The predicted molar refractivity (Wildman–Crippen MR) is 81.0 cm³/mol. The average Bonchev–Trinajstić information content (AvgIpc) is 2.41. The van der Waals surface area contributed by atoms with Gasteiger partial charge in [-0.15, -0.1) is 18.3 Å². The van der Waals surface area contributed by atoms with E-state index in [1.807, 2.05) is 12.1 Å². The fourth-order valence-corrected chi connectivity index (χ4v) is 2.92. The second kappa shape index (κ2) is 5.92. The molecule has 1 radical (unpaired) electrons. The van der Waals surface area contributed by atoms with E-state index in [-0.39, 0.29) is 0 Å². The Morgan fingerprint density at radius 1 is 1.06 bits per heavy atom. The van der Waals surface area contributed by atoms with Gasteiger partial charge in [0, 0.05) is 4.90 Å². The van der Waals surface area contributed by atoms with Gasteiger partial charge in [0.25, 0.3) is 0 Å². The molecule has 0 spiro atoms. The Labute approximate surface area is 114 Å². The lowest BCUT2D eigenvalue weighted by Crippen LogP contribution is -2.01. The zero-order valence-electron chi connectivity index (χ0n) is 10.8. The van der Waals surface area contributed by atoms with Gasteiger partial charge in [0.15, 0.2) is 0 Å². The molecule has 2 aromatic rings. The van der Waals surface area contributed by atoms with Gasteiger partial charge >= 0.3 is 0 Å². The van der Waals surface area contributed by atoms with Crippen molar-refractivity contribution in [1.82, 2.24) is 0 Å². The molecule has 0 nitrogen and oxygen atoms in total. The minimum absolute atomic E-state index is 1.20.